The van der Waals surface area contributed by atoms with Crippen molar-refractivity contribution in [1.82, 2.24) is 4.90 Å². The van der Waals surface area contributed by atoms with Crippen LogP contribution in [0.3, 0.4) is 0 Å². The Morgan fingerprint density at radius 1 is 1.18 bits per heavy atom. The van der Waals surface area contributed by atoms with Gasteiger partial charge in [0, 0.05) is 17.5 Å². The Morgan fingerprint density at radius 2 is 1.97 bits per heavy atom. The van der Waals surface area contributed by atoms with Gasteiger partial charge < -0.3 is 19.7 Å². The van der Waals surface area contributed by atoms with Crippen molar-refractivity contribution in [3.63, 3.8) is 0 Å². The van der Waals surface area contributed by atoms with E-state index in [-0.39, 0.29) is 12.3 Å². The number of rotatable bonds is 7. The number of amidine groups is 1. The highest BCUT2D eigenvalue weighted by molar-refractivity contribution is 8.16. The number of thioether (sulfide) groups is 1. The second-order valence-corrected chi connectivity index (χ2v) is 8.45. The molecule has 1 amide bonds. The summed E-state index contributed by atoms with van der Waals surface area (Å²) in [6.07, 6.45) is 0.533. The van der Waals surface area contributed by atoms with Crippen molar-refractivity contribution in [3.05, 3.63) is 82.3 Å². The van der Waals surface area contributed by atoms with Crippen LogP contribution in [-0.2, 0) is 14.3 Å². The van der Waals surface area contributed by atoms with Crippen LogP contribution in [0.15, 0.2) is 75.9 Å². The van der Waals surface area contributed by atoms with Gasteiger partial charge in [-0.25, -0.2) is 14.2 Å². The van der Waals surface area contributed by atoms with Crippen molar-refractivity contribution in [2.45, 2.75) is 25.8 Å². The van der Waals surface area contributed by atoms with Gasteiger partial charge >= 0.3 is 5.97 Å². The van der Waals surface area contributed by atoms with E-state index in [1.807, 2.05) is 17.2 Å². The lowest BCUT2D eigenvalue weighted by atomic mass is 9.93. The van der Waals surface area contributed by atoms with Gasteiger partial charge in [-0.3, -0.25) is 4.79 Å². The Morgan fingerprint density at radius 3 is 2.68 bits per heavy atom. The normalized spacial score (nSPS) is 17.1. The number of carbonyl (C=O) groups is 2. The van der Waals surface area contributed by atoms with Crippen molar-refractivity contribution in [3.8, 4) is 5.75 Å². The number of aliphatic imine (C=N–C) groups is 1. The highest BCUT2D eigenvalue weighted by atomic mass is 32.2. The van der Waals surface area contributed by atoms with Gasteiger partial charge in [-0.05, 0) is 41.7 Å². The predicted molar refractivity (Wildman–Crippen MR) is 130 cm³/mol. The van der Waals surface area contributed by atoms with Gasteiger partial charge in [0.05, 0.1) is 38.0 Å². The molecule has 4 rings (SSSR count). The topological polar surface area (TPSA) is 80.2 Å². The third-order valence-electron chi connectivity index (χ3n) is 5.49. The number of methoxy groups -OCH3 is 2. The summed E-state index contributed by atoms with van der Waals surface area (Å²) in [6, 6.07) is 12.5. The molecule has 0 fully saturated rings. The van der Waals surface area contributed by atoms with E-state index in [2.05, 4.69) is 10.3 Å². The molecule has 1 atom stereocenters. The van der Waals surface area contributed by atoms with E-state index in [9.17, 15) is 14.0 Å². The number of allylic oxidation sites excluding steroid dienone is 1. The quantitative estimate of drug-likeness (QED) is 0.561. The van der Waals surface area contributed by atoms with E-state index in [1.165, 1.54) is 31.0 Å². The van der Waals surface area contributed by atoms with Gasteiger partial charge in [-0.1, -0.05) is 36.9 Å². The molecule has 0 unspecified atom stereocenters. The zero-order valence-corrected chi connectivity index (χ0v) is 19.8. The lowest BCUT2D eigenvalue weighted by Gasteiger charge is -2.36. The van der Waals surface area contributed by atoms with Crippen LogP contribution in [0.1, 0.15) is 31.4 Å². The first-order chi connectivity index (χ1) is 16.4. The van der Waals surface area contributed by atoms with E-state index in [0.29, 0.717) is 45.6 Å². The molecule has 0 aliphatic carbocycles. The van der Waals surface area contributed by atoms with Crippen molar-refractivity contribution in [1.29, 1.82) is 0 Å². The van der Waals surface area contributed by atoms with Crippen LogP contribution in [0.25, 0.3) is 0 Å². The van der Waals surface area contributed by atoms with Gasteiger partial charge in [0.25, 0.3) is 0 Å². The Bertz CT molecular complexity index is 1220. The fourth-order valence-corrected chi connectivity index (χ4v) is 4.91. The molecule has 9 heteroatoms. The smallest absolute Gasteiger partial charge is 0.338 e. The molecule has 0 spiro atoms. The largest absolute Gasteiger partial charge is 0.497 e. The monoisotopic (exact) mass is 481 g/mol. The van der Waals surface area contributed by atoms with E-state index < -0.39 is 17.8 Å². The molecule has 2 aromatic carbocycles. The fraction of sp³-hybridized carbons (Fsp3) is 0.240. The number of amides is 1. The number of halogens is 1. The molecule has 2 aromatic rings. The molecule has 0 bridgehead atoms. The molecule has 34 heavy (non-hydrogen) atoms. The van der Waals surface area contributed by atoms with Crippen LogP contribution < -0.4 is 10.1 Å². The molecule has 0 saturated carbocycles. The summed E-state index contributed by atoms with van der Waals surface area (Å²) in [6.45, 7) is 1.90. The van der Waals surface area contributed by atoms with Gasteiger partial charge in [0.1, 0.15) is 11.6 Å². The van der Waals surface area contributed by atoms with E-state index in [4.69, 9.17) is 9.47 Å². The predicted octanol–water partition coefficient (Wildman–Crippen LogP) is 5.00. The van der Waals surface area contributed by atoms with Gasteiger partial charge in [-0.15, -0.1) is 0 Å². The lowest BCUT2D eigenvalue weighted by Crippen LogP contribution is -2.37. The average molecular weight is 482 g/mol. The zero-order chi connectivity index (χ0) is 24.2. The SMILES string of the molecule is CCC1=C(C(=O)OC)[C@@H](c2cccc(F)c2)N2C(CC(=O)Nc3cccc(OC)c3)=CSC2=N1. The van der Waals surface area contributed by atoms with Crippen molar-refractivity contribution in [2.24, 2.45) is 4.99 Å². The Hall–Kier alpha value is -3.59. The molecule has 2 heterocycles. The molecule has 176 valence electrons. The fourth-order valence-electron chi connectivity index (χ4n) is 3.97. The van der Waals surface area contributed by atoms with Crippen molar-refractivity contribution >= 4 is 34.5 Å². The molecule has 0 radical (unpaired) electrons. The number of esters is 1. The number of nitrogens with one attached hydrogen (secondary N) is 1. The van der Waals surface area contributed by atoms with Crippen molar-refractivity contribution < 1.29 is 23.5 Å². The van der Waals surface area contributed by atoms with Crippen LogP contribution in [-0.4, -0.2) is 36.2 Å². The summed E-state index contributed by atoms with van der Waals surface area (Å²) >= 11 is 1.37. The van der Waals surface area contributed by atoms with E-state index >= 15 is 0 Å². The molecule has 2 aliphatic heterocycles. The zero-order valence-electron chi connectivity index (χ0n) is 19.0. The lowest BCUT2D eigenvalue weighted by molar-refractivity contribution is -0.136. The number of benzene rings is 2. The van der Waals surface area contributed by atoms with Crippen LogP contribution >= 0.6 is 11.8 Å². The van der Waals surface area contributed by atoms with Gasteiger partial charge in [-0.2, -0.15) is 0 Å². The summed E-state index contributed by atoms with van der Waals surface area (Å²) in [4.78, 5) is 32.2. The maximum absolute atomic E-state index is 14.2. The first-order valence-corrected chi connectivity index (χ1v) is 11.6. The number of hydrogen-bond acceptors (Lipinski definition) is 7. The highest BCUT2D eigenvalue weighted by Gasteiger charge is 2.41. The molecular formula is C25H24FN3O4S. The third kappa shape index (κ3) is 4.70. The van der Waals surface area contributed by atoms with Crippen LogP contribution in [0.2, 0.25) is 0 Å². The Labute approximate surface area is 201 Å². The van der Waals surface area contributed by atoms with Crippen LogP contribution in [0.4, 0.5) is 10.1 Å². The minimum atomic E-state index is -0.670. The number of ether oxygens (including phenoxy) is 2. The maximum atomic E-state index is 14.2. The second-order valence-electron chi connectivity index (χ2n) is 7.61. The minimum Gasteiger partial charge on any atom is -0.497 e. The van der Waals surface area contributed by atoms with Crippen LogP contribution in [0.5, 0.6) is 5.75 Å². The van der Waals surface area contributed by atoms with Crippen molar-refractivity contribution in [2.75, 3.05) is 19.5 Å². The summed E-state index contributed by atoms with van der Waals surface area (Å²) in [5, 5.41) is 5.33. The molecule has 1 N–H and O–H groups in total. The maximum Gasteiger partial charge on any atom is 0.338 e. The summed E-state index contributed by atoms with van der Waals surface area (Å²) in [7, 11) is 2.86. The Kier molecular flexibility index (Phi) is 7.02. The molecular weight excluding hydrogens is 457 g/mol. The second kappa shape index (κ2) is 10.1. The number of hydrogen-bond donors (Lipinski definition) is 1. The van der Waals surface area contributed by atoms with Gasteiger partial charge in [0.2, 0.25) is 5.91 Å². The first-order valence-electron chi connectivity index (χ1n) is 10.7. The summed E-state index contributed by atoms with van der Waals surface area (Å²) in [5.74, 6) is -0.572. The highest BCUT2D eigenvalue weighted by Crippen LogP contribution is 2.45. The molecule has 0 aromatic heterocycles. The number of nitrogens with zero attached hydrogens (tertiary/aromatic N) is 2. The average Bonchev–Trinajstić information content (AvgIpc) is 3.24. The third-order valence-corrected chi connectivity index (χ3v) is 6.38. The van der Waals surface area contributed by atoms with E-state index in [1.54, 1.807) is 43.5 Å². The molecule has 7 nitrogen and oxygen atoms in total. The molecule has 0 saturated heterocycles. The Balaban J connectivity index is 1.67. The van der Waals surface area contributed by atoms with Crippen LogP contribution in [0, 0.1) is 5.82 Å². The first kappa shape index (κ1) is 23.6. The minimum absolute atomic E-state index is 0.0327. The number of carbonyl (C=O) groups excluding carboxylic acids is 2. The van der Waals surface area contributed by atoms with E-state index in [0.717, 1.165) is 0 Å². The van der Waals surface area contributed by atoms with Gasteiger partial charge in [0.15, 0.2) is 5.17 Å². The number of fused-ring (bicyclic) bond motifs is 1. The standard InChI is InChI=1S/C25H24FN3O4S/c1-4-20-22(24(31)33-3)23(15-7-5-8-16(26)11-15)29-18(14-34-25(29)28-20)13-21(30)27-17-9-6-10-19(12-17)32-2/h5-12,14,23H,4,13H2,1-3H3,(H,27,30)/t23-/m1/s1. The molecule has 2 aliphatic rings. The number of anilines is 1. The summed E-state index contributed by atoms with van der Waals surface area (Å²) < 4.78 is 24.5. The summed E-state index contributed by atoms with van der Waals surface area (Å²) in [5.41, 5.74) is 2.74.